The number of aromatic hydroxyl groups is 1. The number of nitrogens with zero attached hydrogens (tertiary/aromatic N) is 1. The minimum Gasteiger partial charge on any atom is -0.507 e. The van der Waals surface area contributed by atoms with Gasteiger partial charge in [0.05, 0.1) is 12.8 Å². The summed E-state index contributed by atoms with van der Waals surface area (Å²) in [5, 5.41) is 20.1. The van der Waals surface area contributed by atoms with Crippen LogP contribution in [-0.2, 0) is 11.2 Å². The molecule has 0 fully saturated rings. The average Bonchev–Trinajstić information content (AvgIpc) is 2.81. The summed E-state index contributed by atoms with van der Waals surface area (Å²) in [5.41, 5.74) is 5.82. The number of nitrogens with one attached hydrogen (secondary N) is 2. The van der Waals surface area contributed by atoms with E-state index in [1.165, 1.54) is 6.21 Å². The second-order valence-corrected chi connectivity index (χ2v) is 7.78. The fourth-order valence-corrected chi connectivity index (χ4v) is 3.58. The molecule has 0 saturated carbocycles. The SMILES string of the molecule is O=C(CNc1ccc2ccccc2c1)NN=Cc1cc(Cc2ccccc2Cl)ccc1O. The van der Waals surface area contributed by atoms with Crippen LogP contribution < -0.4 is 10.7 Å². The first-order valence-corrected chi connectivity index (χ1v) is 10.6. The largest absolute Gasteiger partial charge is 0.507 e. The van der Waals surface area contributed by atoms with E-state index < -0.39 is 0 Å². The van der Waals surface area contributed by atoms with Gasteiger partial charge in [-0.2, -0.15) is 5.10 Å². The maximum absolute atomic E-state index is 12.1. The minimum atomic E-state index is -0.291. The molecule has 0 aliphatic carbocycles. The fourth-order valence-electron chi connectivity index (χ4n) is 3.37. The summed E-state index contributed by atoms with van der Waals surface area (Å²) in [7, 11) is 0. The van der Waals surface area contributed by atoms with Crippen molar-refractivity contribution >= 4 is 40.2 Å². The van der Waals surface area contributed by atoms with Crippen molar-refractivity contribution in [2.75, 3.05) is 11.9 Å². The topological polar surface area (TPSA) is 73.7 Å². The number of phenols is 1. The maximum Gasteiger partial charge on any atom is 0.259 e. The first-order valence-electron chi connectivity index (χ1n) is 10.2. The molecule has 0 aromatic heterocycles. The van der Waals surface area contributed by atoms with Crippen LogP contribution in [0.15, 0.2) is 90.0 Å². The van der Waals surface area contributed by atoms with Crippen molar-refractivity contribution in [2.24, 2.45) is 5.10 Å². The molecule has 0 bridgehead atoms. The Morgan fingerprint density at radius 2 is 1.72 bits per heavy atom. The van der Waals surface area contributed by atoms with E-state index in [4.69, 9.17) is 11.6 Å². The maximum atomic E-state index is 12.1. The summed E-state index contributed by atoms with van der Waals surface area (Å²) in [5.74, 6) is -0.207. The second-order valence-electron chi connectivity index (χ2n) is 7.37. The van der Waals surface area contributed by atoms with Crippen LogP contribution in [0.4, 0.5) is 5.69 Å². The van der Waals surface area contributed by atoms with Gasteiger partial charge in [0.15, 0.2) is 0 Å². The van der Waals surface area contributed by atoms with Crippen LogP contribution in [0.2, 0.25) is 5.02 Å². The molecule has 0 spiro atoms. The highest BCUT2D eigenvalue weighted by atomic mass is 35.5. The van der Waals surface area contributed by atoms with Crippen molar-refractivity contribution in [3.63, 3.8) is 0 Å². The highest BCUT2D eigenvalue weighted by Crippen LogP contribution is 2.22. The Hall–Kier alpha value is -3.83. The smallest absolute Gasteiger partial charge is 0.259 e. The molecule has 6 heteroatoms. The molecule has 32 heavy (non-hydrogen) atoms. The van der Waals surface area contributed by atoms with Crippen LogP contribution >= 0.6 is 11.6 Å². The third kappa shape index (κ3) is 5.45. The Bertz CT molecular complexity index is 1290. The van der Waals surface area contributed by atoms with E-state index in [2.05, 4.69) is 15.8 Å². The minimum absolute atomic E-state index is 0.0776. The highest BCUT2D eigenvalue weighted by Gasteiger charge is 2.05. The summed E-state index contributed by atoms with van der Waals surface area (Å²) in [6.45, 7) is 0.0776. The molecule has 160 valence electrons. The van der Waals surface area contributed by atoms with Gasteiger partial charge in [0.25, 0.3) is 5.91 Å². The molecule has 0 radical (unpaired) electrons. The first kappa shape index (κ1) is 21.4. The van der Waals surface area contributed by atoms with Crippen LogP contribution in [0.3, 0.4) is 0 Å². The van der Waals surface area contributed by atoms with E-state index in [9.17, 15) is 9.90 Å². The average molecular weight is 444 g/mol. The predicted octanol–water partition coefficient (Wildman–Crippen LogP) is 5.35. The standard InChI is InChI=1S/C26H22ClN3O2/c27-24-8-4-3-7-21(24)13-18-9-12-25(31)22(14-18)16-29-30-26(32)17-28-23-11-10-19-5-1-2-6-20(19)15-23/h1-12,14-16,28,31H,13,17H2,(H,30,32). The number of hydrazone groups is 1. The lowest BCUT2D eigenvalue weighted by Gasteiger charge is -2.07. The quantitative estimate of drug-likeness (QED) is 0.266. The van der Waals surface area contributed by atoms with Crippen LogP contribution in [-0.4, -0.2) is 23.8 Å². The van der Waals surface area contributed by atoms with Crippen molar-refractivity contribution in [2.45, 2.75) is 6.42 Å². The van der Waals surface area contributed by atoms with Gasteiger partial charge in [-0.3, -0.25) is 4.79 Å². The normalized spacial score (nSPS) is 11.0. The summed E-state index contributed by atoms with van der Waals surface area (Å²) in [6, 6.07) is 26.9. The molecule has 4 aromatic rings. The summed E-state index contributed by atoms with van der Waals surface area (Å²) < 4.78 is 0. The number of fused-ring (bicyclic) bond motifs is 1. The van der Waals surface area contributed by atoms with E-state index in [1.54, 1.807) is 6.07 Å². The lowest BCUT2D eigenvalue weighted by molar-refractivity contribution is -0.119. The third-order valence-electron chi connectivity index (χ3n) is 5.04. The van der Waals surface area contributed by atoms with Crippen LogP contribution in [0.5, 0.6) is 5.75 Å². The van der Waals surface area contributed by atoms with Gasteiger partial charge in [0, 0.05) is 16.3 Å². The Morgan fingerprint density at radius 1 is 0.938 bits per heavy atom. The molecule has 0 aliphatic heterocycles. The Balaban J connectivity index is 1.34. The molecule has 0 aliphatic rings. The lowest BCUT2D eigenvalue weighted by atomic mass is 10.0. The van der Waals surface area contributed by atoms with E-state index >= 15 is 0 Å². The molecule has 0 saturated heterocycles. The van der Waals surface area contributed by atoms with Crippen molar-refractivity contribution < 1.29 is 9.90 Å². The van der Waals surface area contributed by atoms with Gasteiger partial charge in [-0.05, 0) is 58.7 Å². The van der Waals surface area contributed by atoms with Crippen LogP contribution in [0.1, 0.15) is 16.7 Å². The van der Waals surface area contributed by atoms with Gasteiger partial charge in [-0.25, -0.2) is 5.43 Å². The Morgan fingerprint density at radius 3 is 2.56 bits per heavy atom. The van der Waals surface area contributed by atoms with Crippen molar-refractivity contribution in [3.05, 3.63) is 107 Å². The zero-order valence-corrected chi connectivity index (χ0v) is 18.0. The molecule has 4 aromatic carbocycles. The van der Waals surface area contributed by atoms with Gasteiger partial charge in [-0.1, -0.05) is 66.2 Å². The Kier molecular flexibility index (Phi) is 6.68. The molecule has 3 N–H and O–H groups in total. The number of phenolic OH excluding ortho intramolecular Hbond substituents is 1. The molecule has 4 rings (SSSR count). The Labute approximate surface area is 191 Å². The van der Waals surface area contributed by atoms with Crippen LogP contribution in [0, 0.1) is 0 Å². The molecule has 5 nitrogen and oxygen atoms in total. The molecule has 0 heterocycles. The lowest BCUT2D eigenvalue weighted by Crippen LogP contribution is -2.25. The number of amides is 1. The third-order valence-corrected chi connectivity index (χ3v) is 5.41. The monoisotopic (exact) mass is 443 g/mol. The van der Waals surface area contributed by atoms with Crippen LogP contribution in [0.25, 0.3) is 10.8 Å². The molecule has 0 atom stereocenters. The molecule has 0 unspecified atom stereocenters. The van der Waals surface area contributed by atoms with Gasteiger partial charge < -0.3 is 10.4 Å². The van der Waals surface area contributed by atoms with Crippen molar-refractivity contribution in [3.8, 4) is 5.75 Å². The number of benzene rings is 4. The van der Waals surface area contributed by atoms with Crippen molar-refractivity contribution in [1.29, 1.82) is 0 Å². The van der Waals surface area contributed by atoms with E-state index in [-0.39, 0.29) is 18.2 Å². The number of anilines is 1. The molecular weight excluding hydrogens is 422 g/mol. The zero-order valence-electron chi connectivity index (χ0n) is 17.3. The summed E-state index contributed by atoms with van der Waals surface area (Å²) >= 11 is 6.24. The number of halogens is 1. The van der Waals surface area contributed by atoms with Gasteiger partial charge in [0.2, 0.25) is 0 Å². The molecule has 1 amide bonds. The highest BCUT2D eigenvalue weighted by molar-refractivity contribution is 6.31. The predicted molar refractivity (Wildman–Crippen MR) is 131 cm³/mol. The van der Waals surface area contributed by atoms with Gasteiger partial charge in [0.1, 0.15) is 5.75 Å². The number of hydrogen-bond acceptors (Lipinski definition) is 4. The van der Waals surface area contributed by atoms with Gasteiger partial charge >= 0.3 is 0 Å². The number of hydrogen-bond donors (Lipinski definition) is 3. The van der Waals surface area contributed by atoms with E-state index in [0.29, 0.717) is 17.0 Å². The zero-order chi connectivity index (χ0) is 22.3. The van der Waals surface area contributed by atoms with E-state index in [0.717, 1.165) is 27.6 Å². The summed E-state index contributed by atoms with van der Waals surface area (Å²) in [4.78, 5) is 12.1. The van der Waals surface area contributed by atoms with E-state index in [1.807, 2.05) is 78.9 Å². The fraction of sp³-hybridized carbons (Fsp3) is 0.0769. The number of carbonyl (C=O) groups excluding carboxylic acids is 1. The molecular formula is C26H22ClN3O2. The number of rotatable bonds is 7. The van der Waals surface area contributed by atoms with Crippen molar-refractivity contribution in [1.82, 2.24) is 5.43 Å². The van der Waals surface area contributed by atoms with Gasteiger partial charge in [-0.15, -0.1) is 0 Å². The first-order chi connectivity index (χ1) is 15.6. The second kappa shape index (κ2) is 9.98. The number of carbonyl (C=O) groups is 1. The summed E-state index contributed by atoms with van der Waals surface area (Å²) in [6.07, 6.45) is 2.06.